The first kappa shape index (κ1) is 36.2. The minimum atomic E-state index is -3.60. The molecule has 2 unspecified atom stereocenters. The Balaban J connectivity index is 1.50. The standard InChI is InChI=1S/C35H44N2O8P2/c1-5-42-46(40,43-6-2)34(28-13-21-32(38)22-14-28)36-30-17-9-26(10-18-30)25-27-11-19-31(20-12-27)37-35(29-15-23-33(39)24-16-29)47(41,44-7-3)45-8-4/h9-24,34-39H,5-8,25H2,1-4H3. The van der Waals surface area contributed by atoms with Gasteiger partial charge in [0, 0.05) is 11.4 Å². The molecule has 0 saturated carbocycles. The van der Waals surface area contributed by atoms with E-state index in [2.05, 4.69) is 10.6 Å². The van der Waals surface area contributed by atoms with E-state index in [1.54, 1.807) is 76.2 Å². The molecule has 0 saturated heterocycles. The maximum atomic E-state index is 13.8. The van der Waals surface area contributed by atoms with Crippen LogP contribution in [0.2, 0.25) is 0 Å². The molecule has 0 heterocycles. The molecule has 12 heteroatoms. The fourth-order valence-corrected chi connectivity index (χ4v) is 8.96. The molecule has 252 valence electrons. The van der Waals surface area contributed by atoms with Gasteiger partial charge in [-0.05, 0) is 105 Å². The van der Waals surface area contributed by atoms with Crippen LogP contribution in [0.5, 0.6) is 11.5 Å². The topological polar surface area (TPSA) is 136 Å². The van der Waals surface area contributed by atoms with Crippen molar-refractivity contribution < 1.29 is 37.4 Å². The molecule has 0 bridgehead atoms. The fourth-order valence-electron chi connectivity index (χ4n) is 5.08. The van der Waals surface area contributed by atoms with Crippen molar-refractivity contribution in [3.63, 3.8) is 0 Å². The van der Waals surface area contributed by atoms with E-state index < -0.39 is 26.8 Å². The van der Waals surface area contributed by atoms with Crippen molar-refractivity contribution in [2.24, 2.45) is 0 Å². The number of hydrogen-bond donors (Lipinski definition) is 4. The van der Waals surface area contributed by atoms with Crippen LogP contribution in [0.15, 0.2) is 97.1 Å². The largest absolute Gasteiger partial charge is 0.508 e. The number of benzene rings is 4. The van der Waals surface area contributed by atoms with Gasteiger partial charge in [0.25, 0.3) is 0 Å². The third kappa shape index (κ3) is 9.71. The summed E-state index contributed by atoms with van der Waals surface area (Å²) >= 11 is 0. The zero-order chi connectivity index (χ0) is 33.9. The molecule has 0 amide bonds. The van der Waals surface area contributed by atoms with Crippen LogP contribution in [-0.2, 0) is 33.6 Å². The van der Waals surface area contributed by atoms with E-state index in [4.69, 9.17) is 18.1 Å². The second-order valence-electron chi connectivity index (χ2n) is 10.6. The van der Waals surface area contributed by atoms with Crippen molar-refractivity contribution in [1.82, 2.24) is 0 Å². The first-order chi connectivity index (χ1) is 22.6. The second-order valence-corrected chi connectivity index (χ2v) is 14.8. The number of anilines is 2. The lowest BCUT2D eigenvalue weighted by Crippen LogP contribution is -2.15. The minimum Gasteiger partial charge on any atom is -0.508 e. The highest BCUT2D eigenvalue weighted by Gasteiger charge is 2.38. The van der Waals surface area contributed by atoms with Gasteiger partial charge in [-0.1, -0.05) is 48.5 Å². The average molecular weight is 683 g/mol. The third-order valence-corrected chi connectivity index (χ3v) is 11.8. The van der Waals surface area contributed by atoms with E-state index in [1.165, 1.54) is 0 Å². The molecule has 10 nitrogen and oxygen atoms in total. The lowest BCUT2D eigenvalue weighted by molar-refractivity contribution is 0.213. The molecule has 0 aliphatic rings. The van der Waals surface area contributed by atoms with E-state index in [9.17, 15) is 19.3 Å². The van der Waals surface area contributed by atoms with Crippen LogP contribution in [-0.4, -0.2) is 36.6 Å². The van der Waals surface area contributed by atoms with Crippen LogP contribution in [0.3, 0.4) is 0 Å². The Kier molecular flexibility index (Phi) is 13.1. The quantitative estimate of drug-likeness (QED) is 0.0752. The zero-order valence-corrected chi connectivity index (χ0v) is 29.0. The molecule has 0 fully saturated rings. The van der Waals surface area contributed by atoms with Gasteiger partial charge in [0.15, 0.2) is 11.6 Å². The SMILES string of the molecule is CCOP(=O)(OCC)C(Nc1ccc(Cc2ccc(NC(c3ccc(O)cc3)P(=O)(OCC)OCC)cc2)cc1)c1ccc(O)cc1. The van der Waals surface area contributed by atoms with Crippen LogP contribution < -0.4 is 10.6 Å². The number of aromatic hydroxyl groups is 2. The number of rotatable bonds is 18. The Hall–Kier alpha value is -3.62. The van der Waals surface area contributed by atoms with Crippen molar-refractivity contribution in [1.29, 1.82) is 0 Å². The van der Waals surface area contributed by atoms with Crippen LogP contribution in [0, 0.1) is 0 Å². The van der Waals surface area contributed by atoms with Gasteiger partial charge < -0.3 is 38.9 Å². The number of hydrogen-bond acceptors (Lipinski definition) is 10. The normalized spacial score (nSPS) is 13.2. The molecule has 0 aliphatic carbocycles. The Morgan fingerprint density at radius 3 is 1.09 bits per heavy atom. The van der Waals surface area contributed by atoms with Gasteiger partial charge in [0.05, 0.1) is 26.4 Å². The zero-order valence-electron chi connectivity index (χ0n) is 27.2. The first-order valence-corrected chi connectivity index (χ1v) is 18.9. The minimum absolute atomic E-state index is 0.108. The highest BCUT2D eigenvalue weighted by molar-refractivity contribution is 7.54. The molecule has 4 N–H and O–H groups in total. The van der Waals surface area contributed by atoms with Gasteiger partial charge in [-0.25, -0.2) is 0 Å². The summed E-state index contributed by atoms with van der Waals surface area (Å²) in [7, 11) is -7.20. The molecule has 4 rings (SSSR count). The van der Waals surface area contributed by atoms with Gasteiger partial charge in [-0.15, -0.1) is 0 Å². The monoisotopic (exact) mass is 682 g/mol. The summed E-state index contributed by atoms with van der Waals surface area (Å²) in [5, 5.41) is 26.2. The Morgan fingerprint density at radius 1 is 0.511 bits per heavy atom. The summed E-state index contributed by atoms with van der Waals surface area (Å²) in [6, 6.07) is 28.6. The van der Waals surface area contributed by atoms with Gasteiger partial charge in [0.1, 0.15) is 11.5 Å². The van der Waals surface area contributed by atoms with E-state index in [1.807, 2.05) is 48.5 Å². The summed E-state index contributed by atoms with van der Waals surface area (Å²) < 4.78 is 50.3. The molecule has 47 heavy (non-hydrogen) atoms. The summed E-state index contributed by atoms with van der Waals surface area (Å²) in [6.07, 6.45) is 0.663. The van der Waals surface area contributed by atoms with Crippen LogP contribution >= 0.6 is 15.2 Å². The second kappa shape index (κ2) is 17.0. The highest BCUT2D eigenvalue weighted by Crippen LogP contribution is 2.62. The summed E-state index contributed by atoms with van der Waals surface area (Å²) in [4.78, 5) is 0. The lowest BCUT2D eigenvalue weighted by atomic mass is 10.0. The van der Waals surface area contributed by atoms with E-state index in [0.717, 1.165) is 22.5 Å². The van der Waals surface area contributed by atoms with Crippen molar-refractivity contribution in [2.75, 3.05) is 37.1 Å². The lowest BCUT2D eigenvalue weighted by Gasteiger charge is -2.28. The van der Waals surface area contributed by atoms with E-state index >= 15 is 0 Å². The van der Waals surface area contributed by atoms with Crippen molar-refractivity contribution in [3.05, 3.63) is 119 Å². The van der Waals surface area contributed by atoms with Gasteiger partial charge in [-0.3, -0.25) is 9.13 Å². The molecule has 2 atom stereocenters. The molecule has 0 radical (unpaired) electrons. The van der Waals surface area contributed by atoms with Gasteiger partial charge >= 0.3 is 15.2 Å². The molecular weight excluding hydrogens is 638 g/mol. The smallest absolute Gasteiger partial charge is 0.357 e. The third-order valence-electron chi connectivity index (χ3n) is 7.21. The van der Waals surface area contributed by atoms with Crippen LogP contribution in [0.1, 0.15) is 61.5 Å². The Morgan fingerprint density at radius 2 is 0.809 bits per heavy atom. The number of phenolic OH excluding ortho intramolecular Hbond substituents is 2. The predicted octanol–water partition coefficient (Wildman–Crippen LogP) is 9.44. The van der Waals surface area contributed by atoms with Crippen molar-refractivity contribution in [3.8, 4) is 11.5 Å². The van der Waals surface area contributed by atoms with Crippen molar-refractivity contribution >= 4 is 26.6 Å². The first-order valence-electron chi connectivity index (χ1n) is 15.7. The molecule has 0 aromatic heterocycles. The van der Waals surface area contributed by atoms with Gasteiger partial charge in [0.2, 0.25) is 0 Å². The number of nitrogens with one attached hydrogen (secondary N) is 2. The maximum Gasteiger partial charge on any atom is 0.357 e. The fraction of sp³-hybridized carbons (Fsp3) is 0.314. The average Bonchev–Trinajstić information content (AvgIpc) is 3.05. The van der Waals surface area contributed by atoms with E-state index in [-0.39, 0.29) is 37.9 Å². The predicted molar refractivity (Wildman–Crippen MR) is 186 cm³/mol. The van der Waals surface area contributed by atoms with E-state index in [0.29, 0.717) is 17.5 Å². The molecule has 4 aromatic rings. The molecule has 0 aliphatic heterocycles. The molecule has 0 spiro atoms. The summed E-state index contributed by atoms with van der Waals surface area (Å²) in [5.74, 6) is -1.34. The highest BCUT2D eigenvalue weighted by atomic mass is 31.2. The Bertz CT molecular complexity index is 1490. The van der Waals surface area contributed by atoms with Crippen LogP contribution in [0.25, 0.3) is 0 Å². The number of phenols is 2. The molecular formula is C35H44N2O8P2. The van der Waals surface area contributed by atoms with Crippen molar-refractivity contribution in [2.45, 2.75) is 45.7 Å². The molecule has 4 aromatic carbocycles. The summed E-state index contributed by atoms with van der Waals surface area (Å²) in [5.41, 5.74) is 4.93. The van der Waals surface area contributed by atoms with Crippen LogP contribution in [0.4, 0.5) is 11.4 Å². The van der Waals surface area contributed by atoms with Gasteiger partial charge in [-0.2, -0.15) is 0 Å². The Labute approximate surface area is 277 Å². The maximum absolute atomic E-state index is 13.8. The summed E-state index contributed by atoms with van der Waals surface area (Å²) in [6.45, 7) is 7.95.